The van der Waals surface area contributed by atoms with E-state index in [0.29, 0.717) is 18.4 Å². The van der Waals surface area contributed by atoms with Crippen LogP contribution in [0.3, 0.4) is 0 Å². The molecule has 0 unspecified atom stereocenters. The molecular formula is C25H36O5. The van der Waals surface area contributed by atoms with Crippen LogP contribution < -0.4 is 0 Å². The summed E-state index contributed by atoms with van der Waals surface area (Å²) in [4.78, 5) is 0. The molecule has 0 aliphatic carbocycles. The summed E-state index contributed by atoms with van der Waals surface area (Å²) >= 11 is 0. The Bertz CT molecular complexity index is 687. The minimum Gasteiger partial charge on any atom is -0.371 e. The first-order valence-electron chi connectivity index (χ1n) is 11.9. The standard InChI is InChI=1S/C25H36O5/c1-4-17-15(2)8-7-10-18-19(27-17)11-12-20-22(28-18)14-23-25(30-20)16(3)24-21(29-23)9-5-6-13-26-24/h5-8,11-12,15-25H,4,9-10,13-14H2,1-3H3/b8-7-/t15-,16+,17+,18+,19-,20+,21-,22-,23+,24+,25-/m0/s1. The van der Waals surface area contributed by atoms with Crippen LogP contribution in [0.15, 0.2) is 36.5 Å². The van der Waals surface area contributed by atoms with Crippen molar-refractivity contribution >= 4 is 0 Å². The van der Waals surface area contributed by atoms with Crippen molar-refractivity contribution in [2.75, 3.05) is 6.61 Å². The topological polar surface area (TPSA) is 46.2 Å². The smallest absolute Gasteiger partial charge is 0.103 e. The van der Waals surface area contributed by atoms with Crippen molar-refractivity contribution < 1.29 is 23.7 Å². The van der Waals surface area contributed by atoms with Crippen LogP contribution in [0.2, 0.25) is 0 Å². The van der Waals surface area contributed by atoms with Crippen LogP contribution in [0, 0.1) is 11.8 Å². The Balaban J connectivity index is 1.34. The first-order valence-corrected chi connectivity index (χ1v) is 11.9. The molecule has 0 amide bonds. The van der Waals surface area contributed by atoms with Gasteiger partial charge in [0.15, 0.2) is 0 Å². The normalized spacial score (nSPS) is 51.8. The van der Waals surface area contributed by atoms with E-state index in [-0.39, 0.29) is 54.9 Å². The second-order valence-electron chi connectivity index (χ2n) is 9.55. The third kappa shape index (κ3) is 3.95. The highest BCUT2D eigenvalue weighted by molar-refractivity contribution is 5.11. The zero-order valence-corrected chi connectivity index (χ0v) is 18.4. The van der Waals surface area contributed by atoms with Crippen LogP contribution in [0.5, 0.6) is 0 Å². The van der Waals surface area contributed by atoms with Crippen LogP contribution >= 0.6 is 0 Å². The minimum absolute atomic E-state index is 0.00239. The fraction of sp³-hybridized carbons (Fsp3) is 0.760. The number of hydrogen-bond acceptors (Lipinski definition) is 5. The lowest BCUT2D eigenvalue weighted by atomic mass is 9.82. The molecule has 5 aliphatic rings. The maximum Gasteiger partial charge on any atom is 0.103 e. The Hall–Kier alpha value is -0.980. The summed E-state index contributed by atoms with van der Waals surface area (Å²) in [7, 11) is 0. The SMILES string of the molecule is CC[C@H]1O[C@H]2C=C[C@H]3O[C@H]4[C@H](C)[C@H]5OCC=CC[C@@H]5O[C@@H]4C[C@@H]3O[C@@H]2C/C=C\[C@@H]1C. The maximum absolute atomic E-state index is 6.64. The zero-order chi connectivity index (χ0) is 20.7. The molecule has 2 saturated heterocycles. The highest BCUT2D eigenvalue weighted by Gasteiger charge is 2.51. The quantitative estimate of drug-likeness (QED) is 0.605. The zero-order valence-electron chi connectivity index (χ0n) is 18.4. The van der Waals surface area contributed by atoms with Crippen LogP contribution in [-0.4, -0.2) is 61.5 Å². The van der Waals surface area contributed by atoms with Gasteiger partial charge in [-0.05, 0) is 19.3 Å². The van der Waals surface area contributed by atoms with Gasteiger partial charge in [0.05, 0.1) is 49.3 Å². The molecule has 0 saturated carbocycles. The van der Waals surface area contributed by atoms with E-state index in [0.717, 1.165) is 25.7 Å². The summed E-state index contributed by atoms with van der Waals surface area (Å²) < 4.78 is 32.4. The van der Waals surface area contributed by atoms with E-state index in [1.165, 1.54) is 0 Å². The van der Waals surface area contributed by atoms with Crippen molar-refractivity contribution in [1.82, 2.24) is 0 Å². The van der Waals surface area contributed by atoms with Gasteiger partial charge in [-0.15, -0.1) is 0 Å². The molecule has 5 heterocycles. The van der Waals surface area contributed by atoms with E-state index in [1.807, 2.05) is 0 Å². The fourth-order valence-electron chi connectivity index (χ4n) is 5.81. The summed E-state index contributed by atoms with van der Waals surface area (Å²) in [6.07, 6.45) is 17.3. The first-order chi connectivity index (χ1) is 14.6. The van der Waals surface area contributed by atoms with Gasteiger partial charge >= 0.3 is 0 Å². The number of rotatable bonds is 1. The van der Waals surface area contributed by atoms with Gasteiger partial charge in [-0.2, -0.15) is 0 Å². The molecule has 0 spiro atoms. The molecule has 166 valence electrons. The van der Waals surface area contributed by atoms with Crippen molar-refractivity contribution in [3.8, 4) is 0 Å². The molecule has 2 fully saturated rings. The Morgan fingerprint density at radius 1 is 0.733 bits per heavy atom. The molecule has 5 rings (SSSR count). The first kappa shape index (κ1) is 20.9. The predicted octanol–water partition coefficient (Wildman–Crippen LogP) is 3.98. The molecule has 0 bridgehead atoms. The van der Waals surface area contributed by atoms with Gasteiger partial charge in [-0.3, -0.25) is 0 Å². The lowest BCUT2D eigenvalue weighted by Crippen LogP contribution is -2.60. The van der Waals surface area contributed by atoms with Gasteiger partial charge in [0.25, 0.3) is 0 Å². The summed E-state index contributed by atoms with van der Waals surface area (Å²) in [5.74, 6) is 0.717. The van der Waals surface area contributed by atoms with Gasteiger partial charge in [0, 0.05) is 18.3 Å². The Kier molecular flexibility index (Phi) is 6.18. The lowest BCUT2D eigenvalue weighted by molar-refractivity contribution is -0.270. The van der Waals surface area contributed by atoms with Crippen LogP contribution in [0.1, 0.15) is 46.5 Å². The van der Waals surface area contributed by atoms with E-state index < -0.39 is 0 Å². The van der Waals surface area contributed by atoms with E-state index in [1.54, 1.807) is 0 Å². The molecule has 0 N–H and O–H groups in total. The second-order valence-corrected chi connectivity index (χ2v) is 9.55. The average molecular weight is 417 g/mol. The number of fused-ring (bicyclic) bond motifs is 4. The molecule has 0 aromatic rings. The summed E-state index contributed by atoms with van der Waals surface area (Å²) in [6.45, 7) is 7.34. The van der Waals surface area contributed by atoms with E-state index >= 15 is 0 Å². The van der Waals surface area contributed by atoms with Crippen LogP contribution in [0.4, 0.5) is 0 Å². The molecule has 5 heteroatoms. The average Bonchev–Trinajstić information content (AvgIpc) is 3.06. The number of hydrogen-bond donors (Lipinski definition) is 0. The molecule has 0 radical (unpaired) electrons. The second kappa shape index (κ2) is 8.87. The summed E-state index contributed by atoms with van der Waals surface area (Å²) in [6, 6.07) is 0. The molecule has 5 aliphatic heterocycles. The number of ether oxygens (including phenoxy) is 5. The Labute approximate surface area is 180 Å². The highest BCUT2D eigenvalue weighted by atomic mass is 16.6. The molecule has 30 heavy (non-hydrogen) atoms. The van der Waals surface area contributed by atoms with Crippen LogP contribution in [-0.2, 0) is 23.7 Å². The van der Waals surface area contributed by atoms with Gasteiger partial charge in [-0.25, -0.2) is 0 Å². The highest BCUT2D eigenvalue weighted by Crippen LogP contribution is 2.41. The van der Waals surface area contributed by atoms with Gasteiger partial charge in [0.2, 0.25) is 0 Å². The molecule has 0 aromatic heterocycles. The van der Waals surface area contributed by atoms with E-state index in [9.17, 15) is 0 Å². The van der Waals surface area contributed by atoms with Crippen molar-refractivity contribution in [1.29, 1.82) is 0 Å². The molecule has 11 atom stereocenters. The van der Waals surface area contributed by atoms with Crippen molar-refractivity contribution in [2.24, 2.45) is 11.8 Å². The van der Waals surface area contributed by atoms with Crippen molar-refractivity contribution in [2.45, 2.75) is 101 Å². The van der Waals surface area contributed by atoms with Gasteiger partial charge in [-0.1, -0.05) is 57.2 Å². The van der Waals surface area contributed by atoms with Crippen molar-refractivity contribution in [3.05, 3.63) is 36.5 Å². The monoisotopic (exact) mass is 416 g/mol. The molecule has 0 aromatic carbocycles. The maximum atomic E-state index is 6.64. The molecular weight excluding hydrogens is 380 g/mol. The van der Waals surface area contributed by atoms with Crippen molar-refractivity contribution in [3.63, 3.8) is 0 Å². The largest absolute Gasteiger partial charge is 0.371 e. The summed E-state index contributed by atoms with van der Waals surface area (Å²) in [5, 5.41) is 0. The van der Waals surface area contributed by atoms with Gasteiger partial charge < -0.3 is 23.7 Å². The third-order valence-electron chi connectivity index (χ3n) is 7.52. The minimum atomic E-state index is -0.0592. The van der Waals surface area contributed by atoms with Crippen LogP contribution in [0.25, 0.3) is 0 Å². The van der Waals surface area contributed by atoms with E-state index in [4.69, 9.17) is 23.7 Å². The fourth-order valence-corrected chi connectivity index (χ4v) is 5.81. The Morgan fingerprint density at radius 2 is 1.50 bits per heavy atom. The lowest BCUT2D eigenvalue weighted by Gasteiger charge is -2.50. The Morgan fingerprint density at radius 3 is 2.33 bits per heavy atom. The third-order valence-corrected chi connectivity index (χ3v) is 7.52. The van der Waals surface area contributed by atoms with Gasteiger partial charge in [0.1, 0.15) is 12.2 Å². The summed E-state index contributed by atoms with van der Waals surface area (Å²) in [5.41, 5.74) is 0. The predicted molar refractivity (Wildman–Crippen MR) is 114 cm³/mol. The van der Waals surface area contributed by atoms with E-state index in [2.05, 4.69) is 57.2 Å². The molecule has 5 nitrogen and oxygen atoms in total.